The van der Waals surface area contributed by atoms with Crippen LogP contribution < -0.4 is 0 Å². The fourth-order valence-corrected chi connectivity index (χ4v) is 3.43. The molecule has 2 nitrogen and oxygen atoms in total. The van der Waals surface area contributed by atoms with Gasteiger partial charge in [-0.15, -0.1) is 0 Å². The van der Waals surface area contributed by atoms with Crippen molar-refractivity contribution in [2.24, 2.45) is 7.05 Å². The number of nitrogens with zero attached hydrogens (tertiary/aromatic N) is 1. The normalized spacial score (nSPS) is 12.0. The van der Waals surface area contributed by atoms with Crippen LogP contribution in [0.4, 0.5) is 0 Å². The largest absolute Gasteiger partial charge is 0.455 e. The van der Waals surface area contributed by atoms with Crippen LogP contribution in [0.1, 0.15) is 0 Å². The summed E-state index contributed by atoms with van der Waals surface area (Å²) in [5.74, 6) is 0. The number of fused-ring (bicyclic) bond motifs is 7. The van der Waals surface area contributed by atoms with Crippen LogP contribution in [0, 0.1) is 0 Å². The quantitative estimate of drug-likeness (QED) is 0.377. The van der Waals surface area contributed by atoms with Gasteiger partial charge in [0.1, 0.15) is 11.2 Å². The molecule has 100 valence electrons. The predicted molar refractivity (Wildman–Crippen MR) is 87.7 cm³/mol. The molecule has 0 aliphatic heterocycles. The zero-order valence-electron chi connectivity index (χ0n) is 11.6. The van der Waals surface area contributed by atoms with Crippen LogP contribution in [0.25, 0.3) is 43.7 Å². The van der Waals surface area contributed by atoms with Gasteiger partial charge in [-0.05, 0) is 24.3 Å². The molecule has 0 amide bonds. The Bertz CT molecular complexity index is 1140. The third-order valence-corrected chi connectivity index (χ3v) is 4.42. The van der Waals surface area contributed by atoms with E-state index in [2.05, 4.69) is 60.1 Å². The van der Waals surface area contributed by atoms with Crippen molar-refractivity contribution in [1.29, 1.82) is 0 Å². The average molecular weight is 271 g/mol. The van der Waals surface area contributed by atoms with E-state index >= 15 is 0 Å². The molecular weight excluding hydrogens is 258 g/mol. The Morgan fingerprint density at radius 3 is 2.38 bits per heavy atom. The maximum Gasteiger partial charge on any atom is 0.145 e. The van der Waals surface area contributed by atoms with Gasteiger partial charge in [-0.2, -0.15) is 0 Å². The van der Waals surface area contributed by atoms with Crippen molar-refractivity contribution >= 4 is 43.7 Å². The number of hydrogen-bond donors (Lipinski definition) is 0. The SMILES string of the molecule is Cn1c2ccccc2c2c3oc4ccccc4c3ccc21. The van der Waals surface area contributed by atoms with Crippen LogP contribution in [0.15, 0.2) is 65.1 Å². The van der Waals surface area contributed by atoms with Crippen molar-refractivity contribution in [2.45, 2.75) is 0 Å². The van der Waals surface area contributed by atoms with Crippen LogP contribution in [-0.2, 0) is 7.05 Å². The van der Waals surface area contributed by atoms with Crippen LogP contribution in [0.3, 0.4) is 0 Å². The smallest absolute Gasteiger partial charge is 0.145 e. The molecule has 0 N–H and O–H groups in total. The molecule has 0 aliphatic carbocycles. The van der Waals surface area contributed by atoms with Crippen molar-refractivity contribution in [1.82, 2.24) is 4.57 Å². The molecule has 5 rings (SSSR count). The molecule has 0 saturated heterocycles. The number of hydrogen-bond acceptors (Lipinski definition) is 1. The second kappa shape index (κ2) is 3.67. The molecule has 0 aliphatic rings. The Morgan fingerprint density at radius 1 is 0.714 bits per heavy atom. The number of benzene rings is 3. The zero-order valence-corrected chi connectivity index (χ0v) is 11.6. The summed E-state index contributed by atoms with van der Waals surface area (Å²) in [5, 5.41) is 4.83. The van der Waals surface area contributed by atoms with Gasteiger partial charge >= 0.3 is 0 Å². The van der Waals surface area contributed by atoms with Gasteiger partial charge < -0.3 is 8.98 Å². The van der Waals surface area contributed by atoms with Crippen LogP contribution in [0.5, 0.6) is 0 Å². The standard InChI is InChI=1S/C19H13NO/c1-20-15-8-4-2-7-14(15)18-16(20)11-10-13-12-6-3-5-9-17(12)21-19(13)18/h2-11H,1H3. The molecule has 2 aromatic heterocycles. The molecule has 0 unspecified atom stereocenters. The summed E-state index contributed by atoms with van der Waals surface area (Å²) < 4.78 is 8.41. The van der Waals surface area contributed by atoms with E-state index in [0.29, 0.717) is 0 Å². The highest BCUT2D eigenvalue weighted by Gasteiger charge is 2.15. The Balaban J connectivity index is 2.16. The highest BCUT2D eigenvalue weighted by Crippen LogP contribution is 2.38. The van der Waals surface area contributed by atoms with Gasteiger partial charge in [-0.25, -0.2) is 0 Å². The van der Waals surface area contributed by atoms with Gasteiger partial charge in [0.2, 0.25) is 0 Å². The average Bonchev–Trinajstić information content (AvgIpc) is 3.04. The van der Waals surface area contributed by atoms with E-state index in [9.17, 15) is 0 Å². The molecular formula is C19H13NO. The fourth-order valence-electron chi connectivity index (χ4n) is 3.43. The first-order valence-electron chi connectivity index (χ1n) is 7.12. The summed E-state index contributed by atoms with van der Waals surface area (Å²) in [6, 6.07) is 21.1. The van der Waals surface area contributed by atoms with E-state index in [1.807, 2.05) is 12.1 Å². The first-order valence-corrected chi connectivity index (χ1v) is 7.12. The molecule has 21 heavy (non-hydrogen) atoms. The van der Waals surface area contributed by atoms with Gasteiger partial charge in [0.25, 0.3) is 0 Å². The van der Waals surface area contributed by atoms with E-state index in [4.69, 9.17) is 4.42 Å². The molecule has 3 aromatic carbocycles. The van der Waals surface area contributed by atoms with Gasteiger partial charge in [0.15, 0.2) is 0 Å². The summed E-state index contributed by atoms with van der Waals surface area (Å²) in [6.45, 7) is 0. The minimum atomic E-state index is 0.952. The van der Waals surface area contributed by atoms with Crippen molar-refractivity contribution < 1.29 is 4.42 Å². The van der Waals surface area contributed by atoms with E-state index < -0.39 is 0 Å². The fraction of sp³-hybridized carbons (Fsp3) is 0.0526. The maximum absolute atomic E-state index is 6.17. The van der Waals surface area contributed by atoms with E-state index in [0.717, 1.165) is 11.2 Å². The second-order valence-electron chi connectivity index (χ2n) is 5.51. The van der Waals surface area contributed by atoms with Crippen LogP contribution in [-0.4, -0.2) is 4.57 Å². The molecule has 0 radical (unpaired) electrons. The van der Waals surface area contributed by atoms with Crippen LogP contribution >= 0.6 is 0 Å². The van der Waals surface area contributed by atoms with Crippen molar-refractivity contribution in [3.8, 4) is 0 Å². The van der Waals surface area contributed by atoms with Gasteiger partial charge in [0.05, 0.1) is 10.9 Å². The minimum Gasteiger partial charge on any atom is -0.455 e. The monoisotopic (exact) mass is 271 g/mol. The lowest BCUT2D eigenvalue weighted by molar-refractivity contribution is 0.673. The second-order valence-corrected chi connectivity index (χ2v) is 5.51. The Kier molecular flexibility index (Phi) is 1.92. The summed E-state index contributed by atoms with van der Waals surface area (Å²) in [4.78, 5) is 0. The van der Waals surface area contributed by atoms with E-state index in [1.165, 1.54) is 32.6 Å². The van der Waals surface area contributed by atoms with Crippen molar-refractivity contribution in [3.05, 3.63) is 60.7 Å². The lowest BCUT2D eigenvalue weighted by atomic mass is 10.1. The molecule has 2 heterocycles. The highest BCUT2D eigenvalue weighted by molar-refractivity contribution is 6.23. The first-order chi connectivity index (χ1) is 10.3. The summed E-state index contributed by atoms with van der Waals surface area (Å²) in [6.07, 6.45) is 0. The maximum atomic E-state index is 6.17. The molecule has 0 spiro atoms. The minimum absolute atomic E-state index is 0.952. The Labute approximate surface area is 121 Å². The number of aryl methyl sites for hydroxylation is 1. The number of para-hydroxylation sites is 2. The Hall–Kier alpha value is -2.74. The van der Waals surface area contributed by atoms with Gasteiger partial charge in [-0.3, -0.25) is 0 Å². The lowest BCUT2D eigenvalue weighted by Crippen LogP contribution is -1.85. The van der Waals surface area contributed by atoms with Crippen LogP contribution in [0.2, 0.25) is 0 Å². The number of rotatable bonds is 0. The molecule has 0 saturated carbocycles. The summed E-state index contributed by atoms with van der Waals surface area (Å²) >= 11 is 0. The molecule has 0 bridgehead atoms. The van der Waals surface area contributed by atoms with Gasteiger partial charge in [-0.1, -0.05) is 36.4 Å². The molecule has 2 heteroatoms. The molecule has 0 atom stereocenters. The first kappa shape index (κ1) is 11.0. The lowest BCUT2D eigenvalue weighted by Gasteiger charge is -1.97. The molecule has 0 fully saturated rings. The Morgan fingerprint density at radius 2 is 1.48 bits per heavy atom. The molecule has 5 aromatic rings. The zero-order chi connectivity index (χ0) is 14.0. The third-order valence-electron chi connectivity index (χ3n) is 4.42. The summed E-state index contributed by atoms with van der Waals surface area (Å²) in [5.41, 5.74) is 4.39. The highest BCUT2D eigenvalue weighted by atomic mass is 16.3. The van der Waals surface area contributed by atoms with Crippen molar-refractivity contribution in [2.75, 3.05) is 0 Å². The number of aromatic nitrogens is 1. The van der Waals surface area contributed by atoms with E-state index in [-0.39, 0.29) is 0 Å². The van der Waals surface area contributed by atoms with E-state index in [1.54, 1.807) is 0 Å². The predicted octanol–water partition coefficient (Wildman–Crippen LogP) is 5.23. The van der Waals surface area contributed by atoms with Gasteiger partial charge in [0, 0.05) is 28.7 Å². The topological polar surface area (TPSA) is 18.1 Å². The third kappa shape index (κ3) is 1.27. The van der Waals surface area contributed by atoms with Crippen molar-refractivity contribution in [3.63, 3.8) is 0 Å². The number of furan rings is 1. The summed E-state index contributed by atoms with van der Waals surface area (Å²) in [7, 11) is 2.11.